The van der Waals surface area contributed by atoms with Gasteiger partial charge in [-0.2, -0.15) is 0 Å². The van der Waals surface area contributed by atoms with Crippen LogP contribution in [0.3, 0.4) is 0 Å². The Bertz CT molecular complexity index is 537. The molecule has 0 aliphatic carbocycles. The van der Waals surface area contributed by atoms with E-state index in [4.69, 9.17) is 26.9 Å². The van der Waals surface area contributed by atoms with E-state index in [-0.39, 0.29) is 25.7 Å². The maximum Gasteiger partial charge on any atom is 0.326 e. The van der Waals surface area contributed by atoms with Crippen molar-refractivity contribution in [2.45, 2.75) is 89.4 Å². The second kappa shape index (κ2) is 14.0. The Kier molecular flexibility index (Phi) is 13.0. The first-order valence-corrected chi connectivity index (χ1v) is 9.75. The summed E-state index contributed by atoms with van der Waals surface area (Å²) in [5.41, 5.74) is 10.5. The first kappa shape index (κ1) is 26.9. The van der Waals surface area contributed by atoms with Gasteiger partial charge in [0.15, 0.2) is 0 Å². The maximum absolute atomic E-state index is 11.5. The molecule has 2 amide bonds. The molecule has 7 N–H and O–H groups in total. The number of hydrogen-bond donors (Lipinski definition) is 5. The van der Waals surface area contributed by atoms with Gasteiger partial charge in [-0.3, -0.25) is 30.8 Å². The van der Waals surface area contributed by atoms with E-state index in [2.05, 4.69) is 11.8 Å². The van der Waals surface area contributed by atoms with Crippen LogP contribution in [0, 0.1) is 0 Å². The minimum absolute atomic E-state index is 0.0410. The molecule has 1 unspecified atom stereocenters. The molecular formula is C18H33N3O8. The highest BCUT2D eigenvalue weighted by Gasteiger charge is 2.38. The number of amides is 2. The summed E-state index contributed by atoms with van der Waals surface area (Å²) in [5.74, 6) is -4.32. The number of unbranched alkanes of at least 4 members (excludes halogenated alkanes) is 4. The average molecular weight is 419 g/mol. The van der Waals surface area contributed by atoms with E-state index in [1.54, 1.807) is 0 Å². The molecule has 0 aromatic carbocycles. The van der Waals surface area contributed by atoms with Crippen LogP contribution < -0.4 is 11.5 Å². The number of hydrogen-bond acceptors (Lipinski definition) is 8. The lowest BCUT2D eigenvalue weighted by Crippen LogP contribution is -2.51. The van der Waals surface area contributed by atoms with Crippen molar-refractivity contribution in [1.29, 1.82) is 0 Å². The number of carboxylic acid groups (broad SMARTS) is 2. The van der Waals surface area contributed by atoms with Crippen molar-refractivity contribution in [3.8, 4) is 0 Å². The second-order valence-electron chi connectivity index (χ2n) is 7.01. The molecule has 1 aliphatic heterocycles. The van der Waals surface area contributed by atoms with E-state index < -0.39 is 35.6 Å². The van der Waals surface area contributed by atoms with Gasteiger partial charge >= 0.3 is 11.9 Å². The summed E-state index contributed by atoms with van der Waals surface area (Å²) >= 11 is 0. The molecule has 0 spiro atoms. The topological polar surface area (TPSA) is 193 Å². The van der Waals surface area contributed by atoms with Crippen molar-refractivity contribution in [3.63, 3.8) is 0 Å². The highest BCUT2D eigenvalue weighted by atomic mass is 17.1. The van der Waals surface area contributed by atoms with Gasteiger partial charge in [-0.05, 0) is 19.3 Å². The average Bonchev–Trinajstić information content (AvgIpc) is 2.97. The van der Waals surface area contributed by atoms with Crippen LogP contribution in [-0.4, -0.2) is 56.0 Å². The zero-order valence-electron chi connectivity index (χ0n) is 16.8. The quantitative estimate of drug-likeness (QED) is 0.0953. The number of nitrogens with zero attached hydrogens (tertiary/aromatic N) is 1. The Labute approximate surface area is 169 Å². The lowest BCUT2D eigenvalue weighted by Gasteiger charge is -2.22. The molecule has 1 aliphatic rings. The van der Waals surface area contributed by atoms with Crippen LogP contribution >= 0.6 is 0 Å². The second-order valence-corrected chi connectivity index (χ2v) is 7.01. The molecule has 1 fully saturated rings. The zero-order chi connectivity index (χ0) is 22.4. The fourth-order valence-corrected chi connectivity index (χ4v) is 2.79. The van der Waals surface area contributed by atoms with Gasteiger partial charge in [-0.25, -0.2) is 14.9 Å². The molecule has 1 atom stereocenters. The highest BCUT2D eigenvalue weighted by Crippen LogP contribution is 2.20. The third-order valence-electron chi connectivity index (χ3n) is 4.40. The Morgan fingerprint density at radius 2 is 1.66 bits per heavy atom. The van der Waals surface area contributed by atoms with E-state index in [1.165, 1.54) is 0 Å². The molecule has 0 aromatic rings. The third-order valence-corrected chi connectivity index (χ3v) is 4.40. The fraction of sp³-hybridized carbons (Fsp3) is 0.778. The van der Waals surface area contributed by atoms with Crippen molar-refractivity contribution >= 4 is 23.8 Å². The van der Waals surface area contributed by atoms with E-state index in [0.29, 0.717) is 25.7 Å². The normalized spacial score (nSPS) is 15.1. The molecule has 1 saturated heterocycles. The Balaban J connectivity index is 0.000000665. The summed E-state index contributed by atoms with van der Waals surface area (Å²) in [4.78, 5) is 49.0. The first-order chi connectivity index (χ1) is 13.6. The van der Waals surface area contributed by atoms with E-state index in [9.17, 15) is 19.2 Å². The van der Waals surface area contributed by atoms with E-state index in [0.717, 1.165) is 24.2 Å². The number of carbonyl (C=O) groups excluding carboxylic acids is 2. The van der Waals surface area contributed by atoms with Crippen molar-refractivity contribution in [3.05, 3.63) is 0 Å². The van der Waals surface area contributed by atoms with Gasteiger partial charge in [0.1, 0.15) is 6.04 Å². The van der Waals surface area contributed by atoms with Gasteiger partial charge in [0.25, 0.3) is 0 Å². The minimum Gasteiger partial charge on any atom is -0.481 e. The van der Waals surface area contributed by atoms with E-state index >= 15 is 0 Å². The lowest BCUT2D eigenvalue weighted by atomic mass is 10.1. The lowest BCUT2D eigenvalue weighted by molar-refractivity contribution is -0.322. The van der Waals surface area contributed by atoms with Crippen LogP contribution in [0.5, 0.6) is 0 Å². The van der Waals surface area contributed by atoms with Gasteiger partial charge in [0.05, 0.1) is 0 Å². The van der Waals surface area contributed by atoms with Crippen LogP contribution in [-0.2, 0) is 24.1 Å². The largest absolute Gasteiger partial charge is 0.481 e. The summed E-state index contributed by atoms with van der Waals surface area (Å²) in [6, 6.07) is -1.12. The van der Waals surface area contributed by atoms with Crippen molar-refractivity contribution in [1.82, 2.24) is 4.90 Å². The molecule has 168 valence electrons. The number of rotatable bonds is 13. The van der Waals surface area contributed by atoms with Gasteiger partial charge in [0, 0.05) is 25.7 Å². The van der Waals surface area contributed by atoms with Crippen LogP contribution in [0.15, 0.2) is 0 Å². The van der Waals surface area contributed by atoms with Gasteiger partial charge < -0.3 is 10.2 Å². The number of imide groups is 1. The fourth-order valence-electron chi connectivity index (χ4n) is 2.79. The summed E-state index contributed by atoms with van der Waals surface area (Å²) < 4.78 is 0. The number of carboxylic acids is 2. The standard InChI is InChI=1S/C12H17NO6.C6H16N2O2/c14-9-6-7-10(15)13(9)8(12(18)19)4-2-1-3-5-11(16)17;1-2-3-4-5-6(7,8)10-9/h8H,1-7H2,(H,16,17)(H,18,19);9H,2-5,7-8H2,1H3. The van der Waals surface area contributed by atoms with Gasteiger partial charge in [-0.15, -0.1) is 0 Å². The third kappa shape index (κ3) is 11.5. The van der Waals surface area contributed by atoms with Crippen molar-refractivity contribution < 1.29 is 39.5 Å². The number of likely N-dealkylation sites (tertiary alicyclic amines) is 1. The summed E-state index contributed by atoms with van der Waals surface area (Å²) in [6.07, 6.45) is 5.37. The zero-order valence-corrected chi connectivity index (χ0v) is 16.8. The smallest absolute Gasteiger partial charge is 0.326 e. The molecule has 1 rings (SSSR count). The Hall–Kier alpha value is -2.08. The summed E-state index contributed by atoms with van der Waals surface area (Å²) in [5, 5.41) is 25.7. The minimum atomic E-state index is -1.35. The highest BCUT2D eigenvalue weighted by molar-refractivity contribution is 6.04. The molecule has 11 nitrogen and oxygen atoms in total. The Morgan fingerprint density at radius 3 is 2.10 bits per heavy atom. The number of nitrogens with two attached hydrogens (primary N) is 2. The van der Waals surface area contributed by atoms with Crippen molar-refractivity contribution in [2.24, 2.45) is 11.5 Å². The van der Waals surface area contributed by atoms with Crippen molar-refractivity contribution in [2.75, 3.05) is 0 Å². The molecule has 0 aromatic heterocycles. The molecule has 0 radical (unpaired) electrons. The predicted molar refractivity (Wildman–Crippen MR) is 102 cm³/mol. The Morgan fingerprint density at radius 1 is 1.07 bits per heavy atom. The van der Waals surface area contributed by atoms with Gasteiger partial charge in [0.2, 0.25) is 17.7 Å². The number of aliphatic carboxylic acids is 2. The predicted octanol–water partition coefficient (Wildman–Crippen LogP) is 1.25. The molecule has 11 heteroatoms. The first-order valence-electron chi connectivity index (χ1n) is 9.75. The molecule has 0 saturated carbocycles. The molecule has 1 heterocycles. The molecule has 29 heavy (non-hydrogen) atoms. The van der Waals surface area contributed by atoms with Gasteiger partial charge in [-0.1, -0.05) is 32.6 Å². The molecule has 0 bridgehead atoms. The van der Waals surface area contributed by atoms with E-state index in [1.807, 2.05) is 0 Å². The summed E-state index contributed by atoms with van der Waals surface area (Å²) in [6.45, 7) is 2.08. The van der Waals surface area contributed by atoms with Crippen LogP contribution in [0.4, 0.5) is 0 Å². The summed E-state index contributed by atoms with van der Waals surface area (Å²) in [7, 11) is 0. The van der Waals surface area contributed by atoms with Crippen LogP contribution in [0.25, 0.3) is 0 Å². The van der Waals surface area contributed by atoms with Crippen LogP contribution in [0.1, 0.15) is 77.6 Å². The molecular weight excluding hydrogens is 386 g/mol. The maximum atomic E-state index is 11.5. The SMILES string of the molecule is CCCCCC(N)(N)OO.O=C(O)CCCCCC(C(=O)O)N1C(=O)CCC1=O. The number of carbonyl (C=O) groups is 4. The monoisotopic (exact) mass is 419 g/mol. The van der Waals surface area contributed by atoms with Crippen LogP contribution in [0.2, 0.25) is 0 Å².